The first kappa shape index (κ1) is 20.6. The van der Waals surface area contributed by atoms with Gasteiger partial charge >= 0.3 is 6.55 Å². The van der Waals surface area contributed by atoms with Gasteiger partial charge < -0.3 is 10.6 Å². The Morgan fingerprint density at radius 1 is 1.26 bits per heavy atom. The Bertz CT molecular complexity index is 521. The lowest BCUT2D eigenvalue weighted by Crippen LogP contribution is -2.56. The van der Waals surface area contributed by atoms with Crippen LogP contribution in [0.5, 0.6) is 0 Å². The molecular weight excluding hydrogens is 357 g/mol. The molecule has 154 valence electrons. The number of rotatable bonds is 6. The highest BCUT2D eigenvalue weighted by Gasteiger charge is 2.42. The van der Waals surface area contributed by atoms with Gasteiger partial charge in [0.15, 0.2) is 0 Å². The topological polar surface area (TPSA) is 56.4 Å². The van der Waals surface area contributed by atoms with Crippen LogP contribution in [0.1, 0.15) is 38.5 Å². The third-order valence-electron chi connectivity index (χ3n) is 6.48. The summed E-state index contributed by atoms with van der Waals surface area (Å²) in [5, 5.41) is 7.40. The maximum atomic E-state index is 13.9. The Hall–Kier alpha value is -1.12. The molecule has 5 nitrogen and oxygen atoms in total. The van der Waals surface area contributed by atoms with E-state index >= 15 is 0 Å². The van der Waals surface area contributed by atoms with Crippen molar-refractivity contribution in [2.24, 2.45) is 17.8 Å². The zero-order chi connectivity index (χ0) is 19.4. The summed E-state index contributed by atoms with van der Waals surface area (Å²) >= 11 is 0. The van der Waals surface area contributed by atoms with Gasteiger partial charge in [-0.25, -0.2) is 9.82 Å². The molecular formula is C19H31F3N4O. The molecule has 3 aliphatic rings. The molecule has 0 radical (unpaired) electrons. The van der Waals surface area contributed by atoms with Gasteiger partial charge in [0.25, 0.3) is 0 Å². The first-order valence-electron chi connectivity index (χ1n) is 10.1. The van der Waals surface area contributed by atoms with Gasteiger partial charge in [-0.1, -0.05) is 13.0 Å². The maximum absolute atomic E-state index is 13.9. The monoisotopic (exact) mass is 388 g/mol. The van der Waals surface area contributed by atoms with Crippen LogP contribution in [0, 0.1) is 17.8 Å². The van der Waals surface area contributed by atoms with Crippen molar-refractivity contribution in [2.75, 3.05) is 19.6 Å². The number of nitrogens with zero attached hydrogens (tertiary/aromatic N) is 1. The summed E-state index contributed by atoms with van der Waals surface area (Å²) in [7, 11) is 0. The molecule has 3 fully saturated rings. The van der Waals surface area contributed by atoms with E-state index in [9.17, 15) is 18.0 Å². The van der Waals surface area contributed by atoms with E-state index in [1.807, 2.05) is 0 Å². The zero-order valence-corrected chi connectivity index (χ0v) is 15.7. The van der Waals surface area contributed by atoms with E-state index in [4.69, 9.17) is 0 Å². The third-order valence-corrected chi connectivity index (χ3v) is 6.48. The van der Waals surface area contributed by atoms with Crippen molar-refractivity contribution < 1.29 is 18.0 Å². The largest absolute Gasteiger partial charge is 0.352 e. The van der Waals surface area contributed by atoms with Crippen LogP contribution in [0.3, 0.4) is 0 Å². The summed E-state index contributed by atoms with van der Waals surface area (Å²) in [6.07, 6.45) is 5.15. The van der Waals surface area contributed by atoms with Gasteiger partial charge in [0, 0.05) is 31.7 Å². The van der Waals surface area contributed by atoms with Gasteiger partial charge in [0.1, 0.15) is 6.17 Å². The van der Waals surface area contributed by atoms with E-state index in [2.05, 4.69) is 22.6 Å². The first-order chi connectivity index (χ1) is 13.0. The predicted octanol–water partition coefficient (Wildman–Crippen LogP) is 2.21. The second-order valence-corrected chi connectivity index (χ2v) is 8.14. The Balaban J connectivity index is 1.65. The summed E-state index contributed by atoms with van der Waals surface area (Å²) in [6.45, 7) is 2.45. The number of hydrogen-bond donors (Lipinski definition) is 3. The molecule has 0 aromatic heterocycles. The van der Waals surface area contributed by atoms with Gasteiger partial charge in [-0.3, -0.25) is 4.79 Å². The van der Waals surface area contributed by atoms with E-state index < -0.39 is 12.7 Å². The molecule has 3 rings (SSSR count). The second-order valence-electron chi connectivity index (χ2n) is 8.14. The van der Waals surface area contributed by atoms with Gasteiger partial charge in [0.05, 0.1) is 0 Å². The molecule has 6 unspecified atom stereocenters. The van der Waals surface area contributed by atoms with Gasteiger partial charge in [-0.15, -0.1) is 0 Å². The fourth-order valence-electron chi connectivity index (χ4n) is 5.02. The number of alkyl halides is 3. The molecule has 0 aromatic carbocycles. The number of amides is 1. The van der Waals surface area contributed by atoms with Crippen molar-refractivity contribution in [1.29, 1.82) is 0 Å². The van der Waals surface area contributed by atoms with Crippen LogP contribution in [0.25, 0.3) is 0 Å². The average molecular weight is 388 g/mol. The minimum Gasteiger partial charge on any atom is -0.352 e. The highest BCUT2D eigenvalue weighted by Crippen LogP contribution is 2.37. The van der Waals surface area contributed by atoms with E-state index in [0.29, 0.717) is 44.8 Å². The number of carbonyl (C=O) groups is 1. The van der Waals surface area contributed by atoms with Crippen LogP contribution < -0.4 is 16.1 Å². The number of piperidine rings is 1. The van der Waals surface area contributed by atoms with Crippen molar-refractivity contribution in [2.45, 2.75) is 63.3 Å². The molecule has 2 saturated heterocycles. The number of carbonyl (C=O) groups excluding carboxylic acids is 1. The smallest absolute Gasteiger partial charge is 0.306 e. The molecule has 0 bridgehead atoms. The molecule has 2 heterocycles. The molecule has 27 heavy (non-hydrogen) atoms. The molecule has 1 saturated carbocycles. The lowest BCUT2D eigenvalue weighted by molar-refractivity contribution is -0.116. The average Bonchev–Trinajstić information content (AvgIpc) is 3.16. The standard InChI is InChI=1S/C19H31F3N4O/c1-2-18(27)24-11-13-10-23-17(12-4-3-5-14(20)8-12)9-15(13)16-6-7-26(25-16)19(21)22/h2,12-17,19,23,25H,1,3-11H2,(H,24,27). The fourth-order valence-corrected chi connectivity index (χ4v) is 5.02. The Labute approximate surface area is 159 Å². The van der Waals surface area contributed by atoms with Crippen molar-refractivity contribution in [3.63, 3.8) is 0 Å². The fraction of sp³-hybridized carbons (Fsp3) is 0.842. The van der Waals surface area contributed by atoms with Crippen molar-refractivity contribution in [3.05, 3.63) is 12.7 Å². The van der Waals surface area contributed by atoms with Crippen LogP contribution in [0.2, 0.25) is 0 Å². The first-order valence-corrected chi connectivity index (χ1v) is 10.1. The van der Waals surface area contributed by atoms with Gasteiger partial charge in [-0.2, -0.15) is 13.8 Å². The Morgan fingerprint density at radius 2 is 2.07 bits per heavy atom. The van der Waals surface area contributed by atoms with Gasteiger partial charge in [0.2, 0.25) is 5.91 Å². The number of hydrogen-bond acceptors (Lipinski definition) is 4. The normalized spacial score (nSPS) is 38.1. The van der Waals surface area contributed by atoms with E-state index in [1.165, 1.54) is 6.08 Å². The lowest BCUT2D eigenvalue weighted by Gasteiger charge is -2.44. The minimum atomic E-state index is -2.52. The van der Waals surface area contributed by atoms with Crippen molar-refractivity contribution >= 4 is 5.91 Å². The van der Waals surface area contributed by atoms with E-state index in [-0.39, 0.29) is 29.8 Å². The Morgan fingerprint density at radius 3 is 2.74 bits per heavy atom. The number of nitrogens with one attached hydrogen (secondary N) is 3. The van der Waals surface area contributed by atoms with Crippen LogP contribution in [0.15, 0.2) is 12.7 Å². The van der Waals surface area contributed by atoms with E-state index in [0.717, 1.165) is 24.3 Å². The minimum absolute atomic E-state index is 0.0426. The molecule has 0 spiro atoms. The molecule has 3 N–H and O–H groups in total. The van der Waals surface area contributed by atoms with Crippen molar-refractivity contribution in [1.82, 2.24) is 21.1 Å². The van der Waals surface area contributed by atoms with Crippen LogP contribution in [-0.4, -0.2) is 55.4 Å². The third kappa shape index (κ3) is 5.23. The van der Waals surface area contributed by atoms with E-state index in [1.54, 1.807) is 0 Å². The molecule has 2 aliphatic heterocycles. The zero-order valence-electron chi connectivity index (χ0n) is 15.7. The Kier molecular flexibility index (Phi) is 7.16. The second kappa shape index (κ2) is 9.39. The molecule has 8 heteroatoms. The summed E-state index contributed by atoms with van der Waals surface area (Å²) in [6, 6.07) is 0.168. The van der Waals surface area contributed by atoms with Crippen molar-refractivity contribution in [3.8, 4) is 0 Å². The number of halogens is 3. The predicted molar refractivity (Wildman–Crippen MR) is 97.7 cm³/mol. The van der Waals surface area contributed by atoms with Gasteiger partial charge in [-0.05, 0) is 55.9 Å². The molecule has 6 atom stereocenters. The van der Waals surface area contributed by atoms with Crippen LogP contribution in [0.4, 0.5) is 13.2 Å². The highest BCUT2D eigenvalue weighted by molar-refractivity contribution is 5.86. The SMILES string of the molecule is C=CC(=O)NCC1CNC(C2CCCC(F)C2)CC1C1CCN(C(F)F)N1. The van der Waals surface area contributed by atoms with Crippen LogP contribution in [-0.2, 0) is 4.79 Å². The summed E-state index contributed by atoms with van der Waals surface area (Å²) in [4.78, 5) is 11.6. The summed E-state index contributed by atoms with van der Waals surface area (Å²) in [5.41, 5.74) is 2.97. The van der Waals surface area contributed by atoms with Crippen LogP contribution >= 0.6 is 0 Å². The lowest BCUT2D eigenvalue weighted by atomic mass is 9.72. The molecule has 1 amide bonds. The number of hydrazine groups is 1. The quantitative estimate of drug-likeness (QED) is 0.482. The summed E-state index contributed by atoms with van der Waals surface area (Å²) in [5.74, 6) is 0.375. The summed E-state index contributed by atoms with van der Waals surface area (Å²) < 4.78 is 39.9. The molecule has 1 aliphatic carbocycles. The molecule has 0 aromatic rings. The highest BCUT2D eigenvalue weighted by atomic mass is 19.3. The maximum Gasteiger partial charge on any atom is 0.306 e.